The second kappa shape index (κ2) is 30.8. The molecule has 0 radical (unpaired) electrons. The molecule has 0 bridgehead atoms. The first-order valence-corrected chi connectivity index (χ1v) is 31.5. The van der Waals surface area contributed by atoms with Gasteiger partial charge in [0.2, 0.25) is 29.2 Å². The third-order valence-electron chi connectivity index (χ3n) is 16.7. The molecule has 6 N–H and O–H groups in total. The van der Waals surface area contributed by atoms with E-state index in [0.717, 1.165) is 142 Å². The van der Waals surface area contributed by atoms with Crippen LogP contribution in [0.1, 0.15) is 124 Å². The summed E-state index contributed by atoms with van der Waals surface area (Å²) in [5.74, 6) is -1.85. The van der Waals surface area contributed by atoms with Crippen molar-refractivity contribution < 1.29 is 42.3 Å². The molecule has 18 nitrogen and oxygen atoms in total. The highest BCUT2D eigenvalue weighted by atomic mass is 32.1. The van der Waals surface area contributed by atoms with Crippen molar-refractivity contribution in [3.05, 3.63) is 123 Å². The topological polar surface area (TPSA) is 216 Å². The summed E-state index contributed by atoms with van der Waals surface area (Å²) in [6.45, 7) is 16.3. The predicted octanol–water partition coefficient (Wildman–Crippen LogP) is 8.44. The van der Waals surface area contributed by atoms with E-state index in [0.29, 0.717) is 49.9 Å². The van der Waals surface area contributed by atoms with Gasteiger partial charge < -0.3 is 46.1 Å². The minimum absolute atomic E-state index is 0.0169. The summed E-state index contributed by atoms with van der Waals surface area (Å²) in [6.07, 6.45) is 3.43. The van der Waals surface area contributed by atoms with Gasteiger partial charge in [-0.25, -0.2) is 4.98 Å². The van der Waals surface area contributed by atoms with E-state index in [2.05, 4.69) is 63.0 Å². The summed E-state index contributed by atoms with van der Waals surface area (Å²) in [5, 5.41) is 22.4. The molecule has 0 spiro atoms. The van der Waals surface area contributed by atoms with E-state index in [9.17, 15) is 47.0 Å². The highest BCUT2D eigenvalue weighted by molar-refractivity contribution is 7.13. The van der Waals surface area contributed by atoms with Crippen molar-refractivity contribution in [2.24, 2.45) is 5.41 Å². The average Bonchev–Trinajstić information content (AvgIpc) is 2.59. The number of rotatable bonds is 26. The molecule has 3 fully saturated rings. The molecule has 3 aliphatic heterocycles. The van der Waals surface area contributed by atoms with Gasteiger partial charge in [0.05, 0.1) is 44.7 Å². The van der Waals surface area contributed by atoms with Gasteiger partial charge in [0.25, 0.3) is 5.91 Å². The van der Waals surface area contributed by atoms with E-state index in [-0.39, 0.29) is 49.6 Å². The number of pyridine rings is 1. The SMILES string of the molecule is Cc1ncsc1-c1ccc(CNC(=O)[C@@H]2C[C@@H](O)CN2C(=O)[C@@H](NC(=O)CCCCCCCCCCC(=O)NCCN2CCN(Cc3cccc(-c4ccc(N5CCN(C)CC5)c(NC(=O)c5c[nH]c(=O)cc5C(F)(F)F)c4)c3)CC2)C(C)(C)C)cc1. The van der Waals surface area contributed by atoms with Gasteiger partial charge in [-0.2, -0.15) is 13.2 Å². The molecule has 22 heteroatoms. The molecule has 3 saturated heterocycles. The van der Waals surface area contributed by atoms with Crippen LogP contribution in [0.15, 0.2) is 89.3 Å². The number of benzene rings is 3. The van der Waals surface area contributed by atoms with Gasteiger partial charge in [-0.3, -0.25) is 38.6 Å². The number of likely N-dealkylation sites (N-methyl/N-ethyl adjacent to an activating group) is 1. The largest absolute Gasteiger partial charge is 0.417 e. The minimum Gasteiger partial charge on any atom is -0.391 e. The van der Waals surface area contributed by atoms with Gasteiger partial charge in [-0.05, 0) is 78.2 Å². The second-order valence-corrected chi connectivity index (χ2v) is 25.4. The Morgan fingerprint density at radius 2 is 1.40 bits per heavy atom. The first-order valence-electron chi connectivity index (χ1n) is 30.6. The Morgan fingerprint density at radius 1 is 0.759 bits per heavy atom. The van der Waals surface area contributed by atoms with Crippen LogP contribution in [0.5, 0.6) is 0 Å². The Bertz CT molecular complexity index is 3190. The summed E-state index contributed by atoms with van der Waals surface area (Å²) >= 11 is 1.58. The summed E-state index contributed by atoms with van der Waals surface area (Å²) in [7, 11) is 2.02. The number of nitrogens with one attached hydrogen (secondary N) is 5. The third kappa shape index (κ3) is 19.0. The number of H-pyrrole nitrogens is 1. The Morgan fingerprint density at radius 3 is 2.06 bits per heavy atom. The number of unbranched alkanes of at least 4 members (excludes halogenated alkanes) is 7. The number of aromatic nitrogens is 2. The Hall–Kier alpha value is -6.98. The first kappa shape index (κ1) is 66.0. The maximum absolute atomic E-state index is 14.1. The number of anilines is 2. The fourth-order valence-corrected chi connectivity index (χ4v) is 12.4. The van der Waals surface area contributed by atoms with E-state index in [1.165, 1.54) is 4.90 Å². The van der Waals surface area contributed by atoms with Crippen molar-refractivity contribution in [2.45, 2.75) is 136 Å². The van der Waals surface area contributed by atoms with E-state index in [1.807, 2.05) is 88.8 Å². The molecule has 5 heterocycles. The van der Waals surface area contributed by atoms with Crippen molar-refractivity contribution in [1.29, 1.82) is 0 Å². The first-order chi connectivity index (χ1) is 41.6. The predicted molar refractivity (Wildman–Crippen MR) is 334 cm³/mol. The Balaban J connectivity index is 0.680. The lowest BCUT2D eigenvalue weighted by atomic mass is 9.85. The lowest BCUT2D eigenvalue weighted by molar-refractivity contribution is -0.144. The number of alkyl halides is 3. The highest BCUT2D eigenvalue weighted by Crippen LogP contribution is 2.36. The number of amides is 5. The number of carbonyl (C=O) groups excluding carboxylic acids is 5. The summed E-state index contributed by atoms with van der Waals surface area (Å²) in [4.78, 5) is 97.0. The second-order valence-electron chi connectivity index (χ2n) is 24.5. The maximum Gasteiger partial charge on any atom is 0.417 e. The van der Waals surface area contributed by atoms with Crippen LogP contribution >= 0.6 is 11.3 Å². The molecule has 2 aromatic heterocycles. The number of halogens is 3. The molecule has 3 aromatic carbocycles. The molecule has 0 saturated carbocycles. The molecule has 470 valence electrons. The van der Waals surface area contributed by atoms with Crippen molar-refractivity contribution in [3.8, 4) is 21.6 Å². The highest BCUT2D eigenvalue weighted by Gasteiger charge is 2.44. The smallest absolute Gasteiger partial charge is 0.391 e. The van der Waals surface area contributed by atoms with Gasteiger partial charge >= 0.3 is 6.18 Å². The van der Waals surface area contributed by atoms with Crippen LogP contribution in [0.3, 0.4) is 0 Å². The molecule has 0 unspecified atom stereocenters. The molecule has 5 amide bonds. The van der Waals surface area contributed by atoms with Crippen LogP contribution < -0.4 is 31.7 Å². The van der Waals surface area contributed by atoms with E-state index >= 15 is 0 Å². The van der Waals surface area contributed by atoms with Crippen LogP contribution in [0.2, 0.25) is 0 Å². The quantitative estimate of drug-likeness (QED) is 0.0288. The number of β-amino-alcohol motifs (C(OH)–C–C–N with tert-alkyl or cyclic N) is 1. The zero-order valence-electron chi connectivity index (χ0n) is 50.9. The number of aliphatic hydroxyl groups excluding tert-OH is 1. The van der Waals surface area contributed by atoms with Gasteiger partial charge in [-0.15, -0.1) is 11.3 Å². The number of piperazine rings is 2. The molecule has 8 rings (SSSR count). The van der Waals surface area contributed by atoms with E-state index < -0.39 is 52.4 Å². The number of aliphatic hydroxyl groups is 1. The number of aryl methyl sites for hydroxylation is 1. The Kier molecular flexibility index (Phi) is 23.3. The number of aromatic amines is 1. The van der Waals surface area contributed by atoms with Crippen LogP contribution in [0.25, 0.3) is 21.6 Å². The van der Waals surface area contributed by atoms with Crippen LogP contribution in [-0.2, 0) is 38.4 Å². The van der Waals surface area contributed by atoms with Crippen molar-refractivity contribution in [3.63, 3.8) is 0 Å². The lowest BCUT2D eigenvalue weighted by Crippen LogP contribution is -2.57. The van der Waals surface area contributed by atoms with Crippen LogP contribution in [0.4, 0.5) is 24.5 Å². The van der Waals surface area contributed by atoms with Gasteiger partial charge in [0.15, 0.2) is 0 Å². The zero-order valence-corrected chi connectivity index (χ0v) is 51.7. The number of hydrogen-bond donors (Lipinski definition) is 6. The summed E-state index contributed by atoms with van der Waals surface area (Å²) in [6, 6.07) is 20.4. The molecular weight excluding hydrogens is 1140 g/mol. The fraction of sp³-hybridized carbons (Fsp3) is 0.523. The number of nitrogens with zero attached hydrogens (tertiary/aromatic N) is 6. The van der Waals surface area contributed by atoms with Crippen molar-refractivity contribution in [1.82, 2.24) is 45.5 Å². The van der Waals surface area contributed by atoms with E-state index in [1.54, 1.807) is 17.4 Å². The maximum atomic E-state index is 14.1. The molecule has 0 aliphatic carbocycles. The van der Waals surface area contributed by atoms with Gasteiger partial charge in [-0.1, -0.05) is 108 Å². The molecule has 3 aliphatic rings. The van der Waals surface area contributed by atoms with Crippen LogP contribution in [0, 0.1) is 12.3 Å². The number of likely N-dealkylation sites (tertiary alicyclic amines) is 1. The van der Waals surface area contributed by atoms with Crippen molar-refractivity contribution >= 4 is 52.2 Å². The lowest BCUT2D eigenvalue weighted by Gasteiger charge is -2.35. The number of carbonyl (C=O) groups is 5. The summed E-state index contributed by atoms with van der Waals surface area (Å²) in [5.41, 5.74) is 5.04. The molecule has 87 heavy (non-hydrogen) atoms. The normalized spacial score (nSPS) is 17.5. The van der Waals surface area contributed by atoms with E-state index in [4.69, 9.17) is 0 Å². The minimum atomic E-state index is -4.90. The zero-order chi connectivity index (χ0) is 62.3. The molecular formula is C65H86F3N11O7S. The molecule has 5 aromatic rings. The Labute approximate surface area is 512 Å². The number of thiazole rings is 1. The standard InChI is InChI=1S/C65H86F3N11O7S/c1-44-59(87-43-72-44)47-21-19-45(20-22-47)39-71-62(85)55-37-50(80)42-79(55)63(86)60(64(2,3)4)74-57(82)18-13-11-9-7-6-8-10-12-17-56(81)69-25-26-76-29-31-77(32-30-76)41-46-15-14-16-48(35-46)49-23-24-54(78-33-27-75(5)28-34-78)53(36-49)73-61(84)51-40-70-58(83)38-52(51)65(66,67)68/h14-16,19-24,35-36,38,40,43,50,55,60,80H,6-13,17-18,25-34,37,39,41-42H2,1-5H3,(H,69,81)(H,70,83)(H,71,85)(H,73,84)(H,74,82)/t50-,55+,60-/m1/s1. The van der Waals surface area contributed by atoms with Crippen molar-refractivity contribution in [2.75, 3.05) is 89.3 Å². The monoisotopic (exact) mass is 1220 g/mol. The average molecular weight is 1220 g/mol. The van der Waals surface area contributed by atoms with Gasteiger partial charge in [0, 0.05) is 117 Å². The summed E-state index contributed by atoms with van der Waals surface area (Å²) < 4.78 is 41.9. The van der Waals surface area contributed by atoms with Crippen LogP contribution in [-0.4, -0.2) is 161 Å². The number of hydrogen-bond acceptors (Lipinski definition) is 13. The molecule has 3 atom stereocenters. The van der Waals surface area contributed by atoms with Gasteiger partial charge in [0.1, 0.15) is 12.1 Å². The fourth-order valence-electron chi connectivity index (χ4n) is 11.6. The third-order valence-corrected chi connectivity index (χ3v) is 17.7.